The van der Waals surface area contributed by atoms with Crippen molar-refractivity contribution in [3.63, 3.8) is 0 Å². The Morgan fingerprint density at radius 2 is 1.80 bits per heavy atom. The van der Waals surface area contributed by atoms with Crippen molar-refractivity contribution < 1.29 is 17.9 Å². The fourth-order valence-corrected chi connectivity index (χ4v) is 2.25. The van der Waals surface area contributed by atoms with Gasteiger partial charge in [-0.15, -0.1) is 0 Å². The van der Waals surface area contributed by atoms with Crippen LogP contribution in [0.15, 0.2) is 30.3 Å². The summed E-state index contributed by atoms with van der Waals surface area (Å²) in [6, 6.07) is 8.94. The van der Waals surface area contributed by atoms with Gasteiger partial charge in [-0.2, -0.15) is 13.2 Å². The lowest BCUT2D eigenvalue weighted by Crippen LogP contribution is -2.43. The summed E-state index contributed by atoms with van der Waals surface area (Å²) in [6.45, 7) is 2.38. The van der Waals surface area contributed by atoms with Crippen molar-refractivity contribution in [2.24, 2.45) is 0 Å². The summed E-state index contributed by atoms with van der Waals surface area (Å²) in [5.41, 5.74) is 0.878. The predicted octanol–water partition coefficient (Wildman–Crippen LogP) is 2.21. The predicted molar refractivity (Wildman–Crippen MR) is 70.5 cm³/mol. The van der Waals surface area contributed by atoms with Crippen LogP contribution in [0.25, 0.3) is 0 Å². The van der Waals surface area contributed by atoms with Gasteiger partial charge in [0.25, 0.3) is 0 Å². The quantitative estimate of drug-likeness (QED) is 0.899. The molecule has 1 heterocycles. The second-order valence-electron chi connectivity index (χ2n) is 4.87. The van der Waals surface area contributed by atoms with E-state index < -0.39 is 12.7 Å². The van der Waals surface area contributed by atoms with Crippen molar-refractivity contribution in [3.8, 4) is 0 Å². The van der Waals surface area contributed by atoms with Gasteiger partial charge in [0, 0.05) is 25.7 Å². The van der Waals surface area contributed by atoms with E-state index in [-0.39, 0.29) is 6.04 Å². The lowest BCUT2D eigenvalue weighted by molar-refractivity contribution is -0.126. The smallest absolute Gasteiger partial charge is 0.379 e. The number of hydrogen-bond acceptors (Lipinski definition) is 3. The molecule has 0 spiro atoms. The van der Waals surface area contributed by atoms with Gasteiger partial charge in [-0.3, -0.25) is 4.90 Å². The molecule has 1 aliphatic heterocycles. The summed E-state index contributed by atoms with van der Waals surface area (Å²) < 4.78 is 42.5. The molecular weight excluding hydrogens is 269 g/mol. The van der Waals surface area contributed by atoms with Crippen molar-refractivity contribution in [2.75, 3.05) is 39.4 Å². The van der Waals surface area contributed by atoms with Gasteiger partial charge in [0.15, 0.2) is 0 Å². The maximum atomic E-state index is 12.4. The normalized spacial score (nSPS) is 18.9. The maximum absolute atomic E-state index is 12.4. The minimum Gasteiger partial charge on any atom is -0.379 e. The Balaban J connectivity index is 1.99. The molecule has 1 N–H and O–H groups in total. The minimum absolute atomic E-state index is 0.323. The summed E-state index contributed by atoms with van der Waals surface area (Å²) >= 11 is 0. The van der Waals surface area contributed by atoms with Gasteiger partial charge in [-0.25, -0.2) is 0 Å². The molecule has 0 bridgehead atoms. The minimum atomic E-state index is -4.20. The second-order valence-corrected chi connectivity index (χ2v) is 4.87. The number of morpholine rings is 1. The number of ether oxygens (including phenoxy) is 1. The molecule has 1 aliphatic rings. The Kier molecular flexibility index (Phi) is 5.39. The average Bonchev–Trinajstić information content (AvgIpc) is 2.44. The Labute approximate surface area is 116 Å². The van der Waals surface area contributed by atoms with E-state index in [1.807, 2.05) is 30.3 Å². The number of rotatable bonds is 5. The number of nitrogens with zero attached hydrogens (tertiary/aromatic N) is 1. The first-order chi connectivity index (χ1) is 9.54. The van der Waals surface area contributed by atoms with Crippen LogP contribution in [0.1, 0.15) is 11.6 Å². The first-order valence-electron chi connectivity index (χ1n) is 6.70. The van der Waals surface area contributed by atoms with Gasteiger partial charge in [0.1, 0.15) is 0 Å². The molecule has 0 unspecified atom stereocenters. The van der Waals surface area contributed by atoms with Gasteiger partial charge in [-0.1, -0.05) is 30.3 Å². The second kappa shape index (κ2) is 7.06. The highest BCUT2D eigenvalue weighted by molar-refractivity contribution is 5.19. The van der Waals surface area contributed by atoms with Crippen molar-refractivity contribution in [1.82, 2.24) is 10.2 Å². The third-order valence-corrected chi connectivity index (χ3v) is 3.30. The highest BCUT2D eigenvalue weighted by atomic mass is 19.4. The third kappa shape index (κ3) is 5.11. The molecule has 112 valence electrons. The summed E-state index contributed by atoms with van der Waals surface area (Å²) in [5.74, 6) is 0. The molecule has 2 rings (SSSR count). The molecule has 0 amide bonds. The highest BCUT2D eigenvalue weighted by Crippen LogP contribution is 2.19. The van der Waals surface area contributed by atoms with Gasteiger partial charge in [0.05, 0.1) is 19.8 Å². The first-order valence-corrected chi connectivity index (χ1v) is 6.70. The monoisotopic (exact) mass is 288 g/mol. The molecule has 20 heavy (non-hydrogen) atoms. The van der Waals surface area contributed by atoms with Crippen LogP contribution in [0.5, 0.6) is 0 Å². The third-order valence-electron chi connectivity index (χ3n) is 3.30. The van der Waals surface area contributed by atoms with Crippen LogP contribution in [0.3, 0.4) is 0 Å². The van der Waals surface area contributed by atoms with Crippen LogP contribution in [0.4, 0.5) is 13.2 Å². The number of halogens is 3. The van der Waals surface area contributed by atoms with E-state index in [1.54, 1.807) is 0 Å². The van der Waals surface area contributed by atoms with E-state index in [9.17, 15) is 13.2 Å². The fraction of sp³-hybridized carbons (Fsp3) is 0.571. The number of benzene rings is 1. The molecule has 1 fully saturated rings. The van der Waals surface area contributed by atoms with Crippen molar-refractivity contribution >= 4 is 0 Å². The van der Waals surface area contributed by atoms with Crippen molar-refractivity contribution in [2.45, 2.75) is 12.2 Å². The molecule has 1 aromatic rings. The highest BCUT2D eigenvalue weighted by Gasteiger charge is 2.29. The Bertz CT molecular complexity index is 391. The van der Waals surface area contributed by atoms with Gasteiger partial charge in [0.2, 0.25) is 0 Å². The molecular formula is C14H19F3N2O. The first kappa shape index (κ1) is 15.3. The number of alkyl halides is 3. The summed E-state index contributed by atoms with van der Waals surface area (Å²) in [4.78, 5) is 2.13. The molecule has 0 aromatic heterocycles. The molecule has 6 heteroatoms. The van der Waals surface area contributed by atoms with Crippen molar-refractivity contribution in [1.29, 1.82) is 0 Å². The molecule has 0 aliphatic carbocycles. The van der Waals surface area contributed by atoms with E-state index in [0.29, 0.717) is 19.8 Å². The van der Waals surface area contributed by atoms with Gasteiger partial charge in [-0.05, 0) is 5.56 Å². The molecule has 3 nitrogen and oxygen atoms in total. The zero-order chi connectivity index (χ0) is 14.4. The largest absolute Gasteiger partial charge is 0.401 e. The van der Waals surface area contributed by atoms with Crippen LogP contribution in [0.2, 0.25) is 0 Å². The topological polar surface area (TPSA) is 24.5 Å². The molecule has 0 saturated carbocycles. The number of hydrogen-bond donors (Lipinski definition) is 1. The van der Waals surface area contributed by atoms with E-state index >= 15 is 0 Å². The van der Waals surface area contributed by atoms with E-state index in [0.717, 1.165) is 18.7 Å². The Morgan fingerprint density at radius 1 is 1.15 bits per heavy atom. The summed E-state index contributed by atoms with van der Waals surface area (Å²) in [7, 11) is 0. The SMILES string of the molecule is FC(F)(F)CN[C@H](CN1CCOCC1)c1ccccc1. The lowest BCUT2D eigenvalue weighted by atomic mass is 10.1. The molecule has 1 saturated heterocycles. The summed E-state index contributed by atoms with van der Waals surface area (Å²) in [5, 5.41) is 2.62. The average molecular weight is 288 g/mol. The molecule has 1 aromatic carbocycles. The Hall–Kier alpha value is -1.11. The zero-order valence-corrected chi connectivity index (χ0v) is 11.2. The lowest BCUT2D eigenvalue weighted by Gasteiger charge is -2.31. The summed E-state index contributed by atoms with van der Waals surface area (Å²) in [6.07, 6.45) is -4.20. The Morgan fingerprint density at radius 3 is 2.40 bits per heavy atom. The van der Waals surface area contributed by atoms with Crippen LogP contribution < -0.4 is 5.32 Å². The van der Waals surface area contributed by atoms with Gasteiger partial charge >= 0.3 is 6.18 Å². The molecule has 1 atom stereocenters. The van der Waals surface area contributed by atoms with Gasteiger partial charge < -0.3 is 10.1 Å². The van der Waals surface area contributed by atoms with Crippen LogP contribution >= 0.6 is 0 Å². The standard InChI is InChI=1S/C14H19F3N2O/c15-14(16,17)11-18-13(12-4-2-1-3-5-12)10-19-6-8-20-9-7-19/h1-5,13,18H,6-11H2/t13-/m1/s1. The van der Waals surface area contributed by atoms with E-state index in [1.165, 1.54) is 0 Å². The van der Waals surface area contributed by atoms with Crippen molar-refractivity contribution in [3.05, 3.63) is 35.9 Å². The number of nitrogens with one attached hydrogen (secondary N) is 1. The molecule has 0 radical (unpaired) electrons. The zero-order valence-electron chi connectivity index (χ0n) is 11.2. The van der Waals surface area contributed by atoms with Crippen LogP contribution in [-0.4, -0.2) is 50.5 Å². The van der Waals surface area contributed by atoms with Crippen LogP contribution in [-0.2, 0) is 4.74 Å². The maximum Gasteiger partial charge on any atom is 0.401 e. The van der Waals surface area contributed by atoms with E-state index in [2.05, 4.69) is 10.2 Å². The fourth-order valence-electron chi connectivity index (χ4n) is 2.25. The van der Waals surface area contributed by atoms with Crippen LogP contribution in [0, 0.1) is 0 Å². The van der Waals surface area contributed by atoms with E-state index in [4.69, 9.17) is 4.74 Å².